The Kier molecular flexibility index (Phi) is 5.92. The Labute approximate surface area is 181 Å². The maximum absolute atomic E-state index is 13.8. The molecule has 3 aromatic rings. The average molecular weight is 450 g/mol. The van der Waals surface area contributed by atoms with Gasteiger partial charge in [-0.1, -0.05) is 0 Å². The number of hydrogen-bond donors (Lipinski definition) is 0. The molecular formula is C21H21F3N4O4. The monoisotopic (exact) mass is 450 g/mol. The first-order chi connectivity index (χ1) is 15.3. The van der Waals surface area contributed by atoms with Crippen LogP contribution in [0.25, 0.3) is 16.9 Å². The van der Waals surface area contributed by atoms with Gasteiger partial charge in [0.2, 0.25) is 5.91 Å². The van der Waals surface area contributed by atoms with Gasteiger partial charge in [-0.3, -0.25) is 4.79 Å². The van der Waals surface area contributed by atoms with E-state index in [4.69, 9.17) is 14.2 Å². The second-order valence-electron chi connectivity index (χ2n) is 7.17. The third kappa shape index (κ3) is 4.33. The Balaban J connectivity index is 1.74. The van der Waals surface area contributed by atoms with E-state index >= 15 is 0 Å². The normalized spacial score (nSPS) is 14.6. The predicted molar refractivity (Wildman–Crippen MR) is 108 cm³/mol. The molecule has 1 aliphatic rings. The number of carbonyl (C=O) groups excluding carboxylic acids is 1. The smallest absolute Gasteiger partial charge is 0.433 e. The van der Waals surface area contributed by atoms with Gasteiger partial charge in [0, 0.05) is 24.7 Å². The van der Waals surface area contributed by atoms with E-state index in [1.54, 1.807) is 23.1 Å². The summed E-state index contributed by atoms with van der Waals surface area (Å²) in [7, 11) is 2.91. The summed E-state index contributed by atoms with van der Waals surface area (Å²) in [5.41, 5.74) is -0.268. The number of halogens is 3. The summed E-state index contributed by atoms with van der Waals surface area (Å²) in [5, 5.41) is 4.02. The first kappa shape index (κ1) is 21.9. The number of carbonyl (C=O) groups is 1. The number of amides is 1. The first-order valence-corrected chi connectivity index (χ1v) is 9.85. The number of methoxy groups -OCH3 is 2. The zero-order valence-corrected chi connectivity index (χ0v) is 17.5. The Hall–Kier alpha value is -3.34. The highest BCUT2D eigenvalue weighted by Gasteiger charge is 2.35. The molecule has 1 fully saturated rings. The molecule has 11 heteroatoms. The number of rotatable bonds is 5. The molecule has 8 nitrogen and oxygen atoms in total. The molecule has 0 aliphatic carbocycles. The minimum Gasteiger partial charge on any atom is -0.493 e. The molecule has 0 bridgehead atoms. The van der Waals surface area contributed by atoms with Crippen molar-refractivity contribution in [2.75, 3.05) is 40.5 Å². The molecule has 0 unspecified atom stereocenters. The minimum atomic E-state index is -4.68. The maximum Gasteiger partial charge on any atom is 0.433 e. The Morgan fingerprint density at radius 1 is 1.09 bits per heavy atom. The van der Waals surface area contributed by atoms with E-state index < -0.39 is 11.9 Å². The van der Waals surface area contributed by atoms with Crippen LogP contribution in [-0.4, -0.2) is 65.9 Å². The fraction of sp³-hybridized carbons (Fsp3) is 0.381. The number of hydrogen-bond acceptors (Lipinski definition) is 6. The van der Waals surface area contributed by atoms with Crippen LogP contribution in [0.1, 0.15) is 11.4 Å². The van der Waals surface area contributed by atoms with Gasteiger partial charge in [0.25, 0.3) is 0 Å². The largest absolute Gasteiger partial charge is 0.493 e. The number of alkyl halides is 3. The van der Waals surface area contributed by atoms with Crippen LogP contribution in [0.4, 0.5) is 13.2 Å². The van der Waals surface area contributed by atoms with Crippen molar-refractivity contribution in [2.45, 2.75) is 12.6 Å². The van der Waals surface area contributed by atoms with Crippen LogP contribution in [0.5, 0.6) is 11.5 Å². The van der Waals surface area contributed by atoms with Gasteiger partial charge in [0.05, 0.1) is 45.2 Å². The van der Waals surface area contributed by atoms with Crippen LogP contribution in [0.2, 0.25) is 0 Å². The number of benzene rings is 1. The third-order valence-electron chi connectivity index (χ3n) is 5.14. The summed E-state index contributed by atoms with van der Waals surface area (Å²) in [4.78, 5) is 18.5. The van der Waals surface area contributed by atoms with Gasteiger partial charge in [0.1, 0.15) is 0 Å². The lowest BCUT2D eigenvalue weighted by Gasteiger charge is -2.26. The fourth-order valence-electron chi connectivity index (χ4n) is 3.53. The van der Waals surface area contributed by atoms with Gasteiger partial charge in [-0.2, -0.15) is 18.3 Å². The molecule has 1 amide bonds. The molecule has 1 saturated heterocycles. The highest BCUT2D eigenvalue weighted by molar-refractivity contribution is 5.79. The number of nitrogens with zero attached hydrogens (tertiary/aromatic N) is 4. The fourth-order valence-corrected chi connectivity index (χ4v) is 3.53. The van der Waals surface area contributed by atoms with E-state index in [0.717, 1.165) is 10.6 Å². The first-order valence-electron chi connectivity index (χ1n) is 9.85. The minimum absolute atomic E-state index is 0.00520. The lowest BCUT2D eigenvalue weighted by molar-refractivity contribution is -0.142. The van der Waals surface area contributed by atoms with Gasteiger partial charge in [-0.15, -0.1) is 0 Å². The van der Waals surface area contributed by atoms with Crippen LogP contribution >= 0.6 is 0 Å². The van der Waals surface area contributed by atoms with Crippen molar-refractivity contribution in [3.63, 3.8) is 0 Å². The van der Waals surface area contributed by atoms with Crippen LogP contribution < -0.4 is 9.47 Å². The number of fused-ring (bicyclic) bond motifs is 1. The van der Waals surface area contributed by atoms with E-state index in [9.17, 15) is 18.0 Å². The molecule has 0 spiro atoms. The van der Waals surface area contributed by atoms with E-state index in [-0.39, 0.29) is 29.4 Å². The Morgan fingerprint density at radius 2 is 1.81 bits per heavy atom. The van der Waals surface area contributed by atoms with Crippen molar-refractivity contribution in [2.24, 2.45) is 0 Å². The second-order valence-corrected chi connectivity index (χ2v) is 7.17. The van der Waals surface area contributed by atoms with Crippen LogP contribution in [0.15, 0.2) is 30.3 Å². The highest BCUT2D eigenvalue weighted by Crippen LogP contribution is 2.35. The number of ether oxygens (including phenoxy) is 3. The number of morpholine rings is 1. The molecule has 0 atom stereocenters. The highest BCUT2D eigenvalue weighted by atomic mass is 19.4. The van der Waals surface area contributed by atoms with Crippen molar-refractivity contribution in [3.8, 4) is 22.8 Å². The lowest BCUT2D eigenvalue weighted by atomic mass is 10.1. The summed E-state index contributed by atoms with van der Waals surface area (Å²) in [6, 6.07) is 7.07. The van der Waals surface area contributed by atoms with Crippen LogP contribution in [0, 0.1) is 0 Å². The maximum atomic E-state index is 13.8. The summed E-state index contributed by atoms with van der Waals surface area (Å²) in [6.07, 6.45) is -4.80. The molecule has 32 heavy (non-hydrogen) atoms. The topological polar surface area (TPSA) is 78.2 Å². The van der Waals surface area contributed by atoms with Gasteiger partial charge >= 0.3 is 6.18 Å². The summed E-state index contributed by atoms with van der Waals surface area (Å²) in [6.45, 7) is 1.76. The molecule has 2 aromatic heterocycles. The predicted octanol–water partition coefficient (Wildman–Crippen LogP) is 2.83. The quantitative estimate of drug-likeness (QED) is 0.595. The zero-order valence-electron chi connectivity index (χ0n) is 17.5. The zero-order chi connectivity index (χ0) is 22.9. The molecule has 0 N–H and O–H groups in total. The SMILES string of the molecule is COc1ccc(-c2cc(C(F)(F)F)n3nc(CC(=O)N4CCOCC4)cc3n2)cc1OC. The molecule has 1 aromatic carbocycles. The molecule has 170 valence electrons. The van der Waals surface area contributed by atoms with Gasteiger partial charge in [-0.05, 0) is 24.3 Å². The average Bonchev–Trinajstić information content (AvgIpc) is 3.19. The van der Waals surface area contributed by atoms with Gasteiger partial charge in [0.15, 0.2) is 22.8 Å². The van der Waals surface area contributed by atoms with Crippen LogP contribution in [-0.2, 0) is 22.1 Å². The van der Waals surface area contributed by atoms with Gasteiger partial charge < -0.3 is 19.1 Å². The summed E-state index contributed by atoms with van der Waals surface area (Å²) >= 11 is 0. The number of aromatic nitrogens is 3. The second kappa shape index (κ2) is 8.65. The van der Waals surface area contributed by atoms with Gasteiger partial charge in [-0.25, -0.2) is 9.50 Å². The molecule has 3 heterocycles. The third-order valence-corrected chi connectivity index (χ3v) is 5.14. The standard InChI is InChI=1S/C21H21F3N4O4/c1-30-16-4-3-13(9-17(16)31-2)15-12-18(21(22,23)24)28-19(25-15)10-14(26-28)11-20(29)27-5-7-32-8-6-27/h3-4,9-10,12H,5-8,11H2,1-2H3. The van der Waals surface area contributed by atoms with Crippen molar-refractivity contribution >= 4 is 11.6 Å². The van der Waals surface area contributed by atoms with E-state index in [1.165, 1.54) is 20.3 Å². The van der Waals surface area contributed by atoms with Crippen molar-refractivity contribution in [3.05, 3.63) is 41.7 Å². The van der Waals surface area contributed by atoms with E-state index in [1.807, 2.05) is 0 Å². The lowest BCUT2D eigenvalue weighted by Crippen LogP contribution is -2.41. The van der Waals surface area contributed by atoms with Crippen molar-refractivity contribution < 1.29 is 32.2 Å². The summed E-state index contributed by atoms with van der Waals surface area (Å²) < 4.78 is 57.8. The van der Waals surface area contributed by atoms with E-state index in [0.29, 0.717) is 43.4 Å². The molecular weight excluding hydrogens is 429 g/mol. The van der Waals surface area contributed by atoms with Crippen molar-refractivity contribution in [1.29, 1.82) is 0 Å². The van der Waals surface area contributed by atoms with Crippen LogP contribution in [0.3, 0.4) is 0 Å². The Bertz CT molecular complexity index is 1140. The summed E-state index contributed by atoms with van der Waals surface area (Å²) in [5.74, 6) is 0.595. The molecule has 0 saturated carbocycles. The molecule has 1 aliphatic heterocycles. The van der Waals surface area contributed by atoms with E-state index in [2.05, 4.69) is 10.1 Å². The molecule has 4 rings (SSSR count). The van der Waals surface area contributed by atoms with Crippen molar-refractivity contribution in [1.82, 2.24) is 19.5 Å². The Morgan fingerprint density at radius 3 is 2.47 bits per heavy atom. The molecule has 0 radical (unpaired) electrons.